The zero-order valence-electron chi connectivity index (χ0n) is 16.6. The molecule has 1 aromatic carbocycles. The van der Waals surface area contributed by atoms with Crippen molar-refractivity contribution in [1.82, 2.24) is 15.1 Å². The van der Waals surface area contributed by atoms with Crippen LogP contribution in [0.2, 0.25) is 0 Å². The molecule has 1 aromatic rings. The van der Waals surface area contributed by atoms with Crippen LogP contribution in [0.15, 0.2) is 35.3 Å². The molecule has 3 rings (SSSR count). The van der Waals surface area contributed by atoms with Crippen LogP contribution >= 0.6 is 0 Å². The molecule has 1 unspecified atom stereocenters. The quantitative estimate of drug-likeness (QED) is 0.428. The van der Waals surface area contributed by atoms with E-state index in [1.807, 2.05) is 13.1 Å². The van der Waals surface area contributed by atoms with E-state index in [1.165, 1.54) is 12.0 Å². The Morgan fingerprint density at radius 3 is 2.78 bits per heavy atom. The molecule has 1 N–H and O–H groups in total. The van der Waals surface area contributed by atoms with Crippen molar-refractivity contribution < 1.29 is 9.47 Å². The second-order valence-corrected chi connectivity index (χ2v) is 7.26. The molecule has 0 aliphatic carbocycles. The van der Waals surface area contributed by atoms with Crippen LogP contribution in [0.4, 0.5) is 0 Å². The maximum absolute atomic E-state index is 5.75. The van der Waals surface area contributed by atoms with Gasteiger partial charge in [-0.2, -0.15) is 0 Å². The first-order valence-corrected chi connectivity index (χ1v) is 10.3. The molecular weight excluding hydrogens is 340 g/mol. The van der Waals surface area contributed by atoms with Gasteiger partial charge in [0.2, 0.25) is 0 Å². The Labute approximate surface area is 163 Å². The molecule has 2 aliphatic heterocycles. The highest BCUT2D eigenvalue weighted by Gasteiger charge is 2.30. The summed E-state index contributed by atoms with van der Waals surface area (Å²) in [5, 5.41) is 3.52. The number of morpholine rings is 1. The summed E-state index contributed by atoms with van der Waals surface area (Å²) >= 11 is 0. The van der Waals surface area contributed by atoms with Crippen LogP contribution in [0, 0.1) is 0 Å². The summed E-state index contributed by atoms with van der Waals surface area (Å²) in [5.41, 5.74) is 1.24. The van der Waals surface area contributed by atoms with Crippen molar-refractivity contribution in [2.24, 2.45) is 4.99 Å². The average Bonchev–Trinajstić information content (AvgIpc) is 3.21. The van der Waals surface area contributed by atoms with Crippen molar-refractivity contribution in [3.63, 3.8) is 0 Å². The molecule has 2 fully saturated rings. The van der Waals surface area contributed by atoms with Gasteiger partial charge in [-0.3, -0.25) is 9.89 Å². The van der Waals surface area contributed by atoms with Crippen molar-refractivity contribution in [1.29, 1.82) is 0 Å². The summed E-state index contributed by atoms with van der Waals surface area (Å²) in [5.74, 6) is 1.04. The molecule has 0 spiro atoms. The molecule has 6 heteroatoms. The Balaban J connectivity index is 1.27. The number of unbranched alkanes of at least 4 members (excludes halogenated alkanes) is 1. The van der Waals surface area contributed by atoms with Gasteiger partial charge in [0, 0.05) is 52.4 Å². The van der Waals surface area contributed by atoms with E-state index in [1.54, 1.807) is 0 Å². The van der Waals surface area contributed by atoms with Crippen molar-refractivity contribution in [3.8, 4) is 0 Å². The van der Waals surface area contributed by atoms with Gasteiger partial charge in [0.25, 0.3) is 0 Å². The standard InChI is InChI=1S/C21H34N4O2/c1-22-21(25-11-9-20(17-25)24-12-15-26-16-13-24)23-10-5-6-14-27-18-19-7-3-2-4-8-19/h2-4,7-8,20H,5-6,9-18H2,1H3,(H,22,23). The molecule has 0 bridgehead atoms. The minimum absolute atomic E-state index is 0.638. The Bertz CT molecular complexity index is 561. The number of nitrogens with one attached hydrogen (secondary N) is 1. The number of ether oxygens (including phenoxy) is 2. The number of benzene rings is 1. The maximum atomic E-state index is 5.75. The van der Waals surface area contributed by atoms with Gasteiger partial charge in [-0.15, -0.1) is 0 Å². The van der Waals surface area contributed by atoms with Crippen molar-refractivity contribution in [3.05, 3.63) is 35.9 Å². The van der Waals surface area contributed by atoms with Gasteiger partial charge in [0.1, 0.15) is 0 Å². The summed E-state index contributed by atoms with van der Waals surface area (Å²) in [6, 6.07) is 11.0. The third kappa shape index (κ3) is 6.48. The summed E-state index contributed by atoms with van der Waals surface area (Å²) in [6.45, 7) is 8.47. The fraction of sp³-hybridized carbons (Fsp3) is 0.667. The Kier molecular flexibility index (Phi) is 8.39. The van der Waals surface area contributed by atoms with Gasteiger partial charge in [0.05, 0.1) is 19.8 Å². The van der Waals surface area contributed by atoms with Crippen LogP contribution in [0.5, 0.6) is 0 Å². The molecule has 6 nitrogen and oxygen atoms in total. The normalized spacial score (nSPS) is 21.6. The molecule has 1 atom stereocenters. The van der Waals surface area contributed by atoms with Crippen LogP contribution in [0.3, 0.4) is 0 Å². The van der Waals surface area contributed by atoms with E-state index in [9.17, 15) is 0 Å². The van der Waals surface area contributed by atoms with Gasteiger partial charge in [0.15, 0.2) is 5.96 Å². The lowest BCUT2D eigenvalue weighted by Gasteiger charge is -2.32. The smallest absolute Gasteiger partial charge is 0.193 e. The summed E-state index contributed by atoms with van der Waals surface area (Å²) in [6.07, 6.45) is 3.37. The first-order chi connectivity index (χ1) is 13.4. The topological polar surface area (TPSA) is 49.3 Å². The van der Waals surface area contributed by atoms with Crippen LogP contribution in [-0.2, 0) is 16.1 Å². The lowest BCUT2D eigenvalue weighted by Crippen LogP contribution is -2.46. The molecule has 0 amide bonds. The van der Waals surface area contributed by atoms with Gasteiger partial charge in [-0.1, -0.05) is 30.3 Å². The average molecular weight is 375 g/mol. The maximum Gasteiger partial charge on any atom is 0.193 e. The second-order valence-electron chi connectivity index (χ2n) is 7.26. The van der Waals surface area contributed by atoms with E-state index < -0.39 is 0 Å². The number of rotatable bonds is 8. The Morgan fingerprint density at radius 2 is 2.00 bits per heavy atom. The largest absolute Gasteiger partial charge is 0.379 e. The minimum atomic E-state index is 0.638. The Hall–Kier alpha value is -1.63. The molecule has 2 aliphatic rings. The predicted octanol–water partition coefficient (Wildman–Crippen LogP) is 1.97. The van der Waals surface area contributed by atoms with Gasteiger partial charge < -0.3 is 19.7 Å². The monoisotopic (exact) mass is 374 g/mol. The number of hydrogen-bond acceptors (Lipinski definition) is 4. The molecule has 0 radical (unpaired) electrons. The predicted molar refractivity (Wildman–Crippen MR) is 109 cm³/mol. The fourth-order valence-electron chi connectivity index (χ4n) is 3.80. The van der Waals surface area contributed by atoms with Gasteiger partial charge in [-0.05, 0) is 24.8 Å². The molecule has 27 heavy (non-hydrogen) atoms. The van der Waals surface area contributed by atoms with Gasteiger partial charge in [-0.25, -0.2) is 0 Å². The molecule has 2 saturated heterocycles. The third-order valence-electron chi connectivity index (χ3n) is 5.35. The molecular formula is C21H34N4O2. The van der Waals surface area contributed by atoms with Crippen molar-refractivity contribution in [2.45, 2.75) is 31.9 Å². The zero-order chi connectivity index (χ0) is 18.7. The number of guanidine groups is 1. The summed E-state index contributed by atoms with van der Waals surface area (Å²) in [4.78, 5) is 9.45. The molecule has 0 aromatic heterocycles. The molecule has 2 heterocycles. The highest BCUT2D eigenvalue weighted by Crippen LogP contribution is 2.17. The molecule has 150 valence electrons. The van der Waals surface area contributed by atoms with Crippen LogP contribution in [0.1, 0.15) is 24.8 Å². The summed E-state index contributed by atoms with van der Waals surface area (Å²) < 4.78 is 11.2. The van der Waals surface area contributed by atoms with Crippen LogP contribution in [-0.4, -0.2) is 81.4 Å². The van der Waals surface area contributed by atoms with E-state index in [0.29, 0.717) is 12.6 Å². The summed E-state index contributed by atoms with van der Waals surface area (Å²) in [7, 11) is 1.88. The van der Waals surface area contributed by atoms with Crippen LogP contribution < -0.4 is 5.32 Å². The first-order valence-electron chi connectivity index (χ1n) is 10.3. The van der Waals surface area contributed by atoms with E-state index in [4.69, 9.17) is 9.47 Å². The van der Waals surface area contributed by atoms with E-state index in [0.717, 1.165) is 71.3 Å². The second kappa shape index (κ2) is 11.3. The lowest BCUT2D eigenvalue weighted by molar-refractivity contribution is 0.0195. The Morgan fingerprint density at radius 1 is 1.19 bits per heavy atom. The van der Waals surface area contributed by atoms with E-state index >= 15 is 0 Å². The number of aliphatic imine (C=N–C) groups is 1. The number of hydrogen-bond donors (Lipinski definition) is 1. The SMILES string of the molecule is CN=C(NCCCCOCc1ccccc1)N1CCC(N2CCOCC2)C1. The number of nitrogens with zero attached hydrogens (tertiary/aromatic N) is 3. The van der Waals surface area contributed by atoms with E-state index in [-0.39, 0.29) is 0 Å². The van der Waals surface area contributed by atoms with Gasteiger partial charge >= 0.3 is 0 Å². The first kappa shape index (κ1) is 20.1. The zero-order valence-corrected chi connectivity index (χ0v) is 16.6. The number of likely N-dealkylation sites (tertiary alicyclic amines) is 1. The minimum Gasteiger partial charge on any atom is -0.379 e. The van der Waals surface area contributed by atoms with Crippen LogP contribution in [0.25, 0.3) is 0 Å². The molecule has 0 saturated carbocycles. The highest BCUT2D eigenvalue weighted by atomic mass is 16.5. The highest BCUT2D eigenvalue weighted by molar-refractivity contribution is 5.80. The van der Waals surface area contributed by atoms with Crippen molar-refractivity contribution in [2.75, 3.05) is 59.6 Å². The fourth-order valence-corrected chi connectivity index (χ4v) is 3.80. The third-order valence-corrected chi connectivity index (χ3v) is 5.35. The van der Waals surface area contributed by atoms with E-state index in [2.05, 4.69) is 44.4 Å². The lowest BCUT2D eigenvalue weighted by atomic mass is 10.2. The van der Waals surface area contributed by atoms with Crippen molar-refractivity contribution >= 4 is 5.96 Å².